The van der Waals surface area contributed by atoms with Crippen LogP contribution in [0.3, 0.4) is 0 Å². The highest BCUT2D eigenvalue weighted by Gasteiger charge is 2.27. The highest BCUT2D eigenvalue weighted by Crippen LogP contribution is 2.24. The normalized spacial score (nSPS) is 11.8. The van der Waals surface area contributed by atoms with Crippen LogP contribution < -0.4 is 0 Å². The molecule has 1 aromatic carbocycles. The highest BCUT2D eigenvalue weighted by atomic mass is 79.9. The number of aliphatic carboxylic acids is 1. The quantitative estimate of drug-likeness (QED) is 0.854. The molecule has 0 spiro atoms. The summed E-state index contributed by atoms with van der Waals surface area (Å²) in [6.45, 7) is 3.14. The standard InChI is InChI=1S/C12H16BrNO4S/c1-3-6-14(8-12(15)16)19(17,18)11-7-10(13)5-4-9(11)2/h4-5,7H,3,6,8H2,1-2H3,(H,15,16). The summed E-state index contributed by atoms with van der Waals surface area (Å²) >= 11 is 3.23. The van der Waals surface area contributed by atoms with Gasteiger partial charge in [-0.1, -0.05) is 28.9 Å². The van der Waals surface area contributed by atoms with Gasteiger partial charge in [0.1, 0.15) is 6.54 Å². The zero-order valence-corrected chi connectivity index (χ0v) is 13.2. The molecule has 1 N–H and O–H groups in total. The molecule has 0 atom stereocenters. The van der Waals surface area contributed by atoms with Gasteiger partial charge in [0.25, 0.3) is 0 Å². The Bertz CT molecular complexity index is 571. The fraction of sp³-hybridized carbons (Fsp3) is 0.417. The Labute approximate surface area is 121 Å². The third-order valence-corrected chi connectivity index (χ3v) is 5.03. The van der Waals surface area contributed by atoms with E-state index in [1.54, 1.807) is 26.0 Å². The summed E-state index contributed by atoms with van der Waals surface area (Å²) in [5.41, 5.74) is 0.592. The van der Waals surface area contributed by atoms with E-state index in [4.69, 9.17) is 5.11 Å². The number of carboxylic acid groups (broad SMARTS) is 1. The number of hydrogen-bond acceptors (Lipinski definition) is 3. The molecule has 0 bridgehead atoms. The maximum atomic E-state index is 12.5. The third kappa shape index (κ3) is 4.02. The lowest BCUT2D eigenvalue weighted by Crippen LogP contribution is -2.36. The van der Waals surface area contributed by atoms with Gasteiger partial charge < -0.3 is 5.11 Å². The highest BCUT2D eigenvalue weighted by molar-refractivity contribution is 9.10. The van der Waals surface area contributed by atoms with Crippen molar-refractivity contribution in [3.8, 4) is 0 Å². The molecule has 19 heavy (non-hydrogen) atoms. The maximum absolute atomic E-state index is 12.5. The molecule has 0 aromatic heterocycles. The van der Waals surface area contributed by atoms with Crippen molar-refractivity contribution in [2.45, 2.75) is 25.2 Å². The lowest BCUT2D eigenvalue weighted by atomic mass is 10.2. The van der Waals surface area contributed by atoms with Crippen LogP contribution in [0.2, 0.25) is 0 Å². The number of benzene rings is 1. The monoisotopic (exact) mass is 349 g/mol. The van der Waals surface area contributed by atoms with Crippen molar-refractivity contribution >= 4 is 31.9 Å². The van der Waals surface area contributed by atoms with Crippen molar-refractivity contribution in [1.29, 1.82) is 0 Å². The lowest BCUT2D eigenvalue weighted by molar-refractivity contribution is -0.137. The molecule has 0 saturated carbocycles. The first-order valence-electron chi connectivity index (χ1n) is 5.77. The van der Waals surface area contributed by atoms with Gasteiger partial charge in [-0.3, -0.25) is 4.79 Å². The summed E-state index contributed by atoms with van der Waals surface area (Å²) in [5.74, 6) is -1.16. The molecular formula is C12H16BrNO4S. The number of halogens is 1. The third-order valence-electron chi connectivity index (χ3n) is 2.55. The Kier molecular flexibility index (Phi) is 5.51. The molecule has 0 fully saturated rings. The van der Waals surface area contributed by atoms with Crippen LogP contribution in [0.15, 0.2) is 27.6 Å². The Hall–Kier alpha value is -0.920. The van der Waals surface area contributed by atoms with Gasteiger partial charge in [-0.15, -0.1) is 0 Å². The molecule has 0 amide bonds. The minimum Gasteiger partial charge on any atom is -0.480 e. The van der Waals surface area contributed by atoms with Crippen LogP contribution in [0.5, 0.6) is 0 Å². The van der Waals surface area contributed by atoms with Crippen LogP contribution in [0.25, 0.3) is 0 Å². The molecule has 1 aromatic rings. The van der Waals surface area contributed by atoms with Crippen molar-refractivity contribution in [2.75, 3.05) is 13.1 Å². The summed E-state index contributed by atoms with van der Waals surface area (Å²) in [6.07, 6.45) is 0.555. The first-order valence-corrected chi connectivity index (χ1v) is 8.00. The van der Waals surface area contributed by atoms with E-state index in [2.05, 4.69) is 15.9 Å². The molecule has 106 valence electrons. The minimum absolute atomic E-state index is 0.136. The topological polar surface area (TPSA) is 74.7 Å². The molecule has 1 rings (SSSR count). The summed E-state index contributed by atoms with van der Waals surface area (Å²) in [7, 11) is -3.79. The van der Waals surface area contributed by atoms with E-state index in [0.717, 1.165) is 4.31 Å². The molecule has 0 saturated heterocycles. The second-order valence-corrected chi connectivity index (χ2v) is 6.96. The van der Waals surface area contributed by atoms with Crippen molar-refractivity contribution < 1.29 is 18.3 Å². The van der Waals surface area contributed by atoms with Crippen LogP contribution in [-0.4, -0.2) is 36.9 Å². The summed E-state index contributed by atoms with van der Waals surface area (Å²) in [6, 6.07) is 4.92. The molecule has 7 heteroatoms. The molecule has 0 aliphatic rings. The van der Waals surface area contributed by atoms with E-state index in [9.17, 15) is 13.2 Å². The molecule has 5 nitrogen and oxygen atoms in total. The number of rotatable bonds is 6. The molecular weight excluding hydrogens is 334 g/mol. The smallest absolute Gasteiger partial charge is 0.318 e. The summed E-state index contributed by atoms with van der Waals surface area (Å²) < 4.78 is 26.6. The van der Waals surface area contributed by atoms with Gasteiger partial charge >= 0.3 is 5.97 Å². The SMILES string of the molecule is CCCN(CC(=O)O)S(=O)(=O)c1cc(Br)ccc1C. The first-order chi connectivity index (χ1) is 8.78. The average Bonchev–Trinajstić information content (AvgIpc) is 2.31. The minimum atomic E-state index is -3.79. The Morgan fingerprint density at radius 3 is 2.58 bits per heavy atom. The summed E-state index contributed by atoms with van der Waals surface area (Å²) in [4.78, 5) is 10.9. The number of aryl methyl sites for hydroxylation is 1. The van der Waals surface area contributed by atoms with E-state index in [1.807, 2.05) is 0 Å². The number of carboxylic acids is 1. The Balaban J connectivity index is 3.25. The van der Waals surface area contributed by atoms with Crippen LogP contribution >= 0.6 is 15.9 Å². The molecule has 0 aliphatic carbocycles. The Morgan fingerprint density at radius 2 is 2.05 bits per heavy atom. The molecule has 0 radical (unpaired) electrons. The van der Waals surface area contributed by atoms with Gasteiger partial charge in [-0.05, 0) is 31.0 Å². The zero-order valence-electron chi connectivity index (χ0n) is 10.8. The van der Waals surface area contributed by atoms with E-state index in [0.29, 0.717) is 16.5 Å². The van der Waals surface area contributed by atoms with Gasteiger partial charge in [0.15, 0.2) is 0 Å². The van der Waals surface area contributed by atoms with Gasteiger partial charge in [0, 0.05) is 11.0 Å². The summed E-state index contributed by atoms with van der Waals surface area (Å²) in [5, 5.41) is 8.83. The fourth-order valence-corrected chi connectivity index (χ4v) is 3.92. The first kappa shape index (κ1) is 16.1. The number of carbonyl (C=O) groups is 1. The fourth-order valence-electron chi connectivity index (χ4n) is 1.68. The average molecular weight is 350 g/mol. The predicted octanol–water partition coefficient (Wildman–Crippen LogP) is 2.24. The van der Waals surface area contributed by atoms with E-state index < -0.39 is 22.5 Å². The van der Waals surface area contributed by atoms with E-state index in [-0.39, 0.29) is 11.4 Å². The number of hydrogen-bond donors (Lipinski definition) is 1. The van der Waals surface area contributed by atoms with Gasteiger partial charge in [-0.25, -0.2) is 8.42 Å². The molecule has 0 heterocycles. The van der Waals surface area contributed by atoms with Crippen LogP contribution in [-0.2, 0) is 14.8 Å². The lowest BCUT2D eigenvalue weighted by Gasteiger charge is -2.20. The van der Waals surface area contributed by atoms with Crippen LogP contribution in [0.1, 0.15) is 18.9 Å². The van der Waals surface area contributed by atoms with Crippen molar-refractivity contribution in [2.24, 2.45) is 0 Å². The number of sulfonamides is 1. The predicted molar refractivity (Wildman–Crippen MR) is 75.6 cm³/mol. The van der Waals surface area contributed by atoms with Crippen LogP contribution in [0.4, 0.5) is 0 Å². The maximum Gasteiger partial charge on any atom is 0.318 e. The van der Waals surface area contributed by atoms with Gasteiger partial charge in [-0.2, -0.15) is 4.31 Å². The van der Waals surface area contributed by atoms with E-state index in [1.165, 1.54) is 6.07 Å². The van der Waals surface area contributed by atoms with Gasteiger partial charge in [0.2, 0.25) is 10.0 Å². The van der Waals surface area contributed by atoms with Crippen molar-refractivity contribution in [3.05, 3.63) is 28.2 Å². The molecule has 0 unspecified atom stereocenters. The second-order valence-electron chi connectivity index (χ2n) is 4.14. The molecule has 0 aliphatic heterocycles. The van der Waals surface area contributed by atoms with Crippen molar-refractivity contribution in [1.82, 2.24) is 4.31 Å². The zero-order chi connectivity index (χ0) is 14.6. The Morgan fingerprint density at radius 1 is 1.42 bits per heavy atom. The van der Waals surface area contributed by atoms with E-state index >= 15 is 0 Å². The van der Waals surface area contributed by atoms with Gasteiger partial charge in [0.05, 0.1) is 4.90 Å². The van der Waals surface area contributed by atoms with Crippen molar-refractivity contribution in [3.63, 3.8) is 0 Å². The van der Waals surface area contributed by atoms with Crippen LogP contribution in [0, 0.1) is 6.92 Å². The largest absolute Gasteiger partial charge is 0.480 e. The second kappa shape index (κ2) is 6.49. The number of nitrogens with zero attached hydrogens (tertiary/aromatic N) is 1.